The number of rotatable bonds is 4. The van der Waals surface area contributed by atoms with Crippen molar-refractivity contribution in [3.05, 3.63) is 35.3 Å². The molecule has 8 heteroatoms. The van der Waals surface area contributed by atoms with Gasteiger partial charge in [-0.25, -0.2) is 0 Å². The Labute approximate surface area is 111 Å². The lowest BCUT2D eigenvalue weighted by Crippen LogP contribution is -2.17. The van der Waals surface area contributed by atoms with Crippen LogP contribution >= 0.6 is 0 Å². The molecule has 0 amide bonds. The van der Waals surface area contributed by atoms with Crippen molar-refractivity contribution in [3.63, 3.8) is 0 Å². The fraction of sp³-hybridized carbons (Fsp3) is 0.273. The first-order valence-corrected chi connectivity index (χ1v) is 7.11. The maximum absolute atomic E-state index is 12.2. The van der Waals surface area contributed by atoms with Crippen molar-refractivity contribution in [3.8, 4) is 0 Å². The Morgan fingerprint density at radius 3 is 2.74 bits per heavy atom. The van der Waals surface area contributed by atoms with Gasteiger partial charge in [0.1, 0.15) is 0 Å². The monoisotopic (exact) mass is 281 g/mol. The standard InChI is InChI=1S/C11H15N5O2S/c1-7-3-4-10(8(2)14-7)16-19(17,18)11-9(5-12)6-13-15-11/h3-4,6,16H,5,12H2,1-2H3,(H,13,15). The van der Waals surface area contributed by atoms with E-state index in [1.807, 2.05) is 6.92 Å². The fourth-order valence-corrected chi connectivity index (χ4v) is 2.93. The topological polar surface area (TPSA) is 114 Å². The molecule has 19 heavy (non-hydrogen) atoms. The van der Waals surface area contributed by atoms with E-state index in [-0.39, 0.29) is 11.6 Å². The molecule has 0 aliphatic rings. The van der Waals surface area contributed by atoms with Gasteiger partial charge in [-0.2, -0.15) is 13.5 Å². The Bertz CT molecular complexity index is 693. The minimum atomic E-state index is -3.74. The van der Waals surface area contributed by atoms with Crippen LogP contribution in [-0.2, 0) is 16.6 Å². The summed E-state index contributed by atoms with van der Waals surface area (Å²) in [6, 6.07) is 3.41. The summed E-state index contributed by atoms with van der Waals surface area (Å²) in [5.74, 6) is 0. The number of nitrogens with one attached hydrogen (secondary N) is 2. The van der Waals surface area contributed by atoms with E-state index >= 15 is 0 Å². The summed E-state index contributed by atoms with van der Waals surface area (Å²) >= 11 is 0. The van der Waals surface area contributed by atoms with Crippen molar-refractivity contribution in [2.75, 3.05) is 4.72 Å². The van der Waals surface area contributed by atoms with Crippen molar-refractivity contribution >= 4 is 15.7 Å². The number of H-pyrrole nitrogens is 1. The quantitative estimate of drug-likeness (QED) is 0.762. The Morgan fingerprint density at radius 2 is 2.11 bits per heavy atom. The summed E-state index contributed by atoms with van der Waals surface area (Å²) in [7, 11) is -3.74. The number of aryl methyl sites for hydroxylation is 2. The number of nitrogens with two attached hydrogens (primary N) is 1. The van der Waals surface area contributed by atoms with E-state index in [2.05, 4.69) is 19.9 Å². The Morgan fingerprint density at radius 1 is 1.37 bits per heavy atom. The van der Waals surface area contributed by atoms with Crippen LogP contribution in [0.5, 0.6) is 0 Å². The molecule has 0 aromatic carbocycles. The summed E-state index contributed by atoms with van der Waals surface area (Å²) in [5, 5.41) is 6.13. The number of nitrogens with zero attached hydrogens (tertiary/aromatic N) is 2. The van der Waals surface area contributed by atoms with Crippen molar-refractivity contribution in [1.29, 1.82) is 0 Å². The second kappa shape index (κ2) is 4.98. The number of hydrogen-bond donors (Lipinski definition) is 3. The van der Waals surface area contributed by atoms with E-state index in [9.17, 15) is 8.42 Å². The Kier molecular flexibility index (Phi) is 3.54. The van der Waals surface area contributed by atoms with Crippen LogP contribution in [-0.4, -0.2) is 23.6 Å². The summed E-state index contributed by atoms with van der Waals surface area (Å²) in [5.41, 5.74) is 7.77. The largest absolute Gasteiger partial charge is 0.326 e. The third-order valence-corrected chi connectivity index (χ3v) is 4.02. The second-order valence-electron chi connectivity index (χ2n) is 4.12. The summed E-state index contributed by atoms with van der Waals surface area (Å²) in [6.07, 6.45) is 1.40. The molecule has 2 aromatic rings. The average Bonchev–Trinajstić information content (AvgIpc) is 2.82. The number of anilines is 1. The first-order chi connectivity index (χ1) is 8.94. The molecule has 0 saturated heterocycles. The van der Waals surface area contributed by atoms with Crippen LogP contribution in [0, 0.1) is 13.8 Å². The van der Waals surface area contributed by atoms with Crippen LogP contribution in [0.3, 0.4) is 0 Å². The molecule has 4 N–H and O–H groups in total. The third-order valence-electron chi connectivity index (χ3n) is 2.64. The molecule has 0 aliphatic heterocycles. The van der Waals surface area contributed by atoms with Crippen LogP contribution in [0.2, 0.25) is 0 Å². The third kappa shape index (κ3) is 2.74. The SMILES string of the molecule is Cc1ccc(NS(=O)(=O)c2[nH]ncc2CN)c(C)n1. The molecule has 2 aromatic heterocycles. The van der Waals surface area contributed by atoms with Gasteiger partial charge in [-0.3, -0.25) is 14.8 Å². The highest BCUT2D eigenvalue weighted by atomic mass is 32.2. The van der Waals surface area contributed by atoms with Crippen molar-refractivity contribution in [2.45, 2.75) is 25.4 Å². The van der Waals surface area contributed by atoms with Crippen molar-refractivity contribution in [1.82, 2.24) is 15.2 Å². The minimum Gasteiger partial charge on any atom is -0.326 e. The average molecular weight is 281 g/mol. The van der Waals surface area contributed by atoms with Crippen molar-refractivity contribution < 1.29 is 8.42 Å². The van der Waals surface area contributed by atoms with E-state index in [4.69, 9.17) is 5.73 Å². The molecule has 102 valence electrons. The highest BCUT2D eigenvalue weighted by Crippen LogP contribution is 2.19. The number of pyridine rings is 1. The van der Waals surface area contributed by atoms with E-state index in [0.29, 0.717) is 16.9 Å². The van der Waals surface area contributed by atoms with Crippen LogP contribution in [0.15, 0.2) is 23.4 Å². The molecular formula is C11H15N5O2S. The zero-order valence-corrected chi connectivity index (χ0v) is 11.5. The second-order valence-corrected chi connectivity index (χ2v) is 5.74. The highest BCUT2D eigenvalue weighted by molar-refractivity contribution is 7.92. The lowest BCUT2D eigenvalue weighted by Gasteiger charge is -2.10. The fourth-order valence-electron chi connectivity index (χ4n) is 1.67. The Balaban J connectivity index is 2.37. The van der Waals surface area contributed by atoms with Crippen molar-refractivity contribution in [2.24, 2.45) is 5.73 Å². The predicted molar refractivity (Wildman–Crippen MR) is 71.0 cm³/mol. The number of hydrogen-bond acceptors (Lipinski definition) is 5. The van der Waals surface area contributed by atoms with Gasteiger partial charge in [-0.05, 0) is 26.0 Å². The zero-order valence-electron chi connectivity index (χ0n) is 10.6. The van der Waals surface area contributed by atoms with Gasteiger partial charge < -0.3 is 5.73 Å². The van der Waals surface area contributed by atoms with Crippen LogP contribution in [0.4, 0.5) is 5.69 Å². The zero-order chi connectivity index (χ0) is 14.0. The molecule has 7 nitrogen and oxygen atoms in total. The predicted octanol–water partition coefficient (Wildman–Crippen LogP) is 0.681. The molecule has 0 radical (unpaired) electrons. The van der Waals surface area contributed by atoms with E-state index in [1.165, 1.54) is 6.20 Å². The number of aromatic amines is 1. The number of aromatic nitrogens is 3. The van der Waals surface area contributed by atoms with Gasteiger partial charge in [0.15, 0.2) is 5.03 Å². The Hall–Kier alpha value is -1.93. The summed E-state index contributed by atoms with van der Waals surface area (Å²) in [4.78, 5) is 4.20. The van der Waals surface area contributed by atoms with Gasteiger partial charge in [0.25, 0.3) is 10.0 Å². The van der Waals surface area contributed by atoms with Crippen LogP contribution < -0.4 is 10.5 Å². The molecule has 0 atom stereocenters. The molecule has 0 bridgehead atoms. The molecule has 0 saturated carbocycles. The van der Waals surface area contributed by atoms with E-state index in [1.54, 1.807) is 19.1 Å². The van der Waals surface area contributed by atoms with Gasteiger partial charge in [0.2, 0.25) is 0 Å². The number of sulfonamides is 1. The molecule has 2 heterocycles. The van der Waals surface area contributed by atoms with Gasteiger partial charge in [-0.15, -0.1) is 0 Å². The summed E-state index contributed by atoms with van der Waals surface area (Å²) in [6.45, 7) is 3.67. The molecule has 2 rings (SSSR count). The first-order valence-electron chi connectivity index (χ1n) is 5.63. The van der Waals surface area contributed by atoms with Gasteiger partial charge >= 0.3 is 0 Å². The van der Waals surface area contributed by atoms with Gasteiger partial charge in [0.05, 0.1) is 17.6 Å². The lowest BCUT2D eigenvalue weighted by atomic mass is 10.3. The van der Waals surface area contributed by atoms with Crippen LogP contribution in [0.25, 0.3) is 0 Å². The highest BCUT2D eigenvalue weighted by Gasteiger charge is 2.21. The first kappa shape index (κ1) is 13.5. The van der Waals surface area contributed by atoms with Crippen LogP contribution in [0.1, 0.15) is 17.0 Å². The maximum atomic E-state index is 12.2. The molecule has 0 aliphatic carbocycles. The van der Waals surface area contributed by atoms with Gasteiger partial charge in [0, 0.05) is 17.8 Å². The molecule has 0 unspecified atom stereocenters. The molecular weight excluding hydrogens is 266 g/mol. The normalized spacial score (nSPS) is 11.5. The molecule has 0 fully saturated rings. The molecule has 0 spiro atoms. The minimum absolute atomic E-state index is 0.0185. The van der Waals surface area contributed by atoms with E-state index < -0.39 is 10.0 Å². The smallest absolute Gasteiger partial charge is 0.279 e. The summed E-state index contributed by atoms with van der Waals surface area (Å²) < 4.78 is 26.9. The lowest BCUT2D eigenvalue weighted by molar-refractivity contribution is 0.595. The van der Waals surface area contributed by atoms with E-state index in [0.717, 1.165) is 5.69 Å². The maximum Gasteiger partial charge on any atom is 0.279 e. The van der Waals surface area contributed by atoms with Gasteiger partial charge in [-0.1, -0.05) is 0 Å².